The van der Waals surface area contributed by atoms with E-state index >= 15 is 0 Å². The molecular formula is C24H14ClN3O4S. The van der Waals surface area contributed by atoms with Crippen LogP contribution < -0.4 is 4.90 Å². The van der Waals surface area contributed by atoms with Gasteiger partial charge in [0.15, 0.2) is 16.7 Å². The molecule has 4 aromatic rings. The molecule has 0 saturated carbocycles. The number of aromatic nitrogens is 1. The molecule has 1 aliphatic rings. The third-order valence-corrected chi connectivity index (χ3v) is 6.57. The fraction of sp³-hybridized carbons (Fsp3) is 0.0833. The Morgan fingerprint density at radius 2 is 1.97 bits per heavy atom. The second kappa shape index (κ2) is 7.89. The van der Waals surface area contributed by atoms with Crippen LogP contribution in [0.3, 0.4) is 0 Å². The molecule has 33 heavy (non-hydrogen) atoms. The number of fused-ring (bicyclic) bond motifs is 1. The van der Waals surface area contributed by atoms with Gasteiger partial charge in [-0.1, -0.05) is 35.1 Å². The summed E-state index contributed by atoms with van der Waals surface area (Å²) in [5.74, 6) is -1.48. The van der Waals surface area contributed by atoms with Crippen LogP contribution in [0.4, 0.5) is 5.13 Å². The van der Waals surface area contributed by atoms with Gasteiger partial charge in [0.25, 0.3) is 5.91 Å². The van der Waals surface area contributed by atoms with Gasteiger partial charge in [0.1, 0.15) is 5.76 Å². The Labute approximate surface area is 196 Å². The lowest BCUT2D eigenvalue weighted by Gasteiger charge is -2.24. The summed E-state index contributed by atoms with van der Waals surface area (Å²) in [6.45, 7) is 1.70. The van der Waals surface area contributed by atoms with Crippen LogP contribution in [0.25, 0.3) is 10.2 Å². The number of hydrogen-bond acceptors (Lipinski definition) is 7. The van der Waals surface area contributed by atoms with E-state index < -0.39 is 23.5 Å². The van der Waals surface area contributed by atoms with E-state index in [1.807, 2.05) is 6.07 Å². The zero-order chi connectivity index (χ0) is 23.3. The number of amides is 1. The van der Waals surface area contributed by atoms with Gasteiger partial charge in [0.2, 0.25) is 5.78 Å². The predicted octanol–water partition coefficient (Wildman–Crippen LogP) is 5.51. The Kier molecular flexibility index (Phi) is 5.01. The SMILES string of the molecule is Cc1ccc(C(=O)C2=C(O)C(=O)N(c3nc4ccc(Cl)cc4s3)C2c2ccc(C#N)cc2)o1. The maximum Gasteiger partial charge on any atom is 0.296 e. The van der Waals surface area contributed by atoms with E-state index in [-0.39, 0.29) is 11.3 Å². The number of halogens is 1. The number of carbonyl (C=O) groups excluding carboxylic acids is 2. The number of furan rings is 1. The molecule has 1 N–H and O–H groups in total. The quantitative estimate of drug-likeness (QED) is 0.390. The van der Waals surface area contributed by atoms with Gasteiger partial charge in [0, 0.05) is 5.02 Å². The summed E-state index contributed by atoms with van der Waals surface area (Å²) in [7, 11) is 0. The summed E-state index contributed by atoms with van der Waals surface area (Å²) in [6.07, 6.45) is 0. The zero-order valence-electron chi connectivity index (χ0n) is 17.1. The van der Waals surface area contributed by atoms with Gasteiger partial charge in [-0.15, -0.1) is 0 Å². The number of Topliss-reactive ketones (excluding diaryl/α,β-unsaturated/α-hetero) is 1. The molecule has 9 heteroatoms. The van der Waals surface area contributed by atoms with Crippen LogP contribution in [-0.2, 0) is 4.79 Å². The normalized spacial score (nSPS) is 16.0. The molecule has 1 amide bonds. The maximum atomic E-state index is 13.3. The van der Waals surface area contributed by atoms with Crippen LogP contribution in [0.15, 0.2) is 70.3 Å². The molecule has 2 aromatic carbocycles. The van der Waals surface area contributed by atoms with Crippen LogP contribution in [0.1, 0.15) is 33.5 Å². The number of aryl methyl sites for hydroxylation is 1. The summed E-state index contributed by atoms with van der Waals surface area (Å²) in [5.41, 5.74) is 1.48. The Bertz CT molecular complexity index is 1510. The van der Waals surface area contributed by atoms with Gasteiger partial charge < -0.3 is 9.52 Å². The van der Waals surface area contributed by atoms with E-state index in [4.69, 9.17) is 21.3 Å². The van der Waals surface area contributed by atoms with Crippen molar-refractivity contribution in [1.82, 2.24) is 4.98 Å². The molecule has 1 unspecified atom stereocenters. The Morgan fingerprint density at radius 3 is 2.64 bits per heavy atom. The lowest BCUT2D eigenvalue weighted by molar-refractivity contribution is -0.117. The minimum absolute atomic E-state index is 0.0124. The topological polar surface area (TPSA) is 107 Å². The van der Waals surface area contributed by atoms with Gasteiger partial charge in [-0.05, 0) is 55.0 Å². The third-order valence-electron chi connectivity index (χ3n) is 5.32. The number of thiazole rings is 1. The molecule has 0 fully saturated rings. The lowest BCUT2D eigenvalue weighted by atomic mass is 9.94. The summed E-state index contributed by atoms with van der Waals surface area (Å²) < 4.78 is 6.22. The molecule has 0 aliphatic carbocycles. The fourth-order valence-electron chi connectivity index (χ4n) is 3.77. The number of anilines is 1. The highest BCUT2D eigenvalue weighted by Gasteiger charge is 2.46. The highest BCUT2D eigenvalue weighted by molar-refractivity contribution is 7.22. The number of aliphatic hydroxyl groups excluding tert-OH is 1. The van der Waals surface area contributed by atoms with E-state index in [0.717, 1.165) is 4.70 Å². The molecule has 162 valence electrons. The van der Waals surface area contributed by atoms with E-state index in [9.17, 15) is 14.7 Å². The van der Waals surface area contributed by atoms with Crippen molar-refractivity contribution in [3.8, 4) is 6.07 Å². The number of benzene rings is 2. The minimum atomic E-state index is -0.959. The molecule has 0 radical (unpaired) electrons. The van der Waals surface area contributed by atoms with Crippen molar-refractivity contribution in [3.05, 3.63) is 93.6 Å². The van der Waals surface area contributed by atoms with Crippen LogP contribution in [0.5, 0.6) is 0 Å². The Balaban J connectivity index is 1.68. The van der Waals surface area contributed by atoms with Gasteiger partial charge in [0.05, 0.1) is 33.5 Å². The molecular weight excluding hydrogens is 462 g/mol. The van der Waals surface area contributed by atoms with Crippen molar-refractivity contribution < 1.29 is 19.1 Å². The minimum Gasteiger partial charge on any atom is -0.503 e. The molecule has 0 spiro atoms. The molecule has 2 aromatic heterocycles. The maximum absolute atomic E-state index is 13.3. The number of nitrogens with zero attached hydrogens (tertiary/aromatic N) is 3. The van der Waals surface area contributed by atoms with Gasteiger partial charge >= 0.3 is 0 Å². The Hall–Kier alpha value is -3.93. The highest BCUT2D eigenvalue weighted by Crippen LogP contribution is 2.44. The first kappa shape index (κ1) is 20.9. The molecule has 1 aliphatic heterocycles. The second-order valence-electron chi connectivity index (χ2n) is 7.42. The lowest BCUT2D eigenvalue weighted by Crippen LogP contribution is -2.30. The van der Waals surface area contributed by atoms with Crippen molar-refractivity contribution in [3.63, 3.8) is 0 Å². The Morgan fingerprint density at radius 1 is 1.21 bits per heavy atom. The first-order valence-corrected chi connectivity index (χ1v) is 11.0. The summed E-state index contributed by atoms with van der Waals surface area (Å²) >= 11 is 7.31. The zero-order valence-corrected chi connectivity index (χ0v) is 18.6. The standard InChI is InChI=1S/C24H14ClN3O4S/c1-12-2-9-17(32-12)21(29)19-20(14-5-3-13(11-26)4-6-14)28(23(31)22(19)30)24-27-16-8-7-15(25)10-18(16)33-24/h2-10,20,30H,1H3. The van der Waals surface area contributed by atoms with Crippen molar-refractivity contribution in [2.45, 2.75) is 13.0 Å². The fourth-order valence-corrected chi connectivity index (χ4v) is 5.04. The molecule has 3 heterocycles. The van der Waals surface area contributed by atoms with Crippen LogP contribution in [-0.4, -0.2) is 21.8 Å². The number of hydrogen-bond donors (Lipinski definition) is 1. The predicted molar refractivity (Wildman–Crippen MR) is 123 cm³/mol. The highest BCUT2D eigenvalue weighted by atomic mass is 35.5. The average molecular weight is 476 g/mol. The summed E-state index contributed by atoms with van der Waals surface area (Å²) in [5, 5.41) is 20.8. The van der Waals surface area contributed by atoms with E-state index in [2.05, 4.69) is 4.98 Å². The van der Waals surface area contributed by atoms with Gasteiger partial charge in [-0.3, -0.25) is 14.5 Å². The first-order chi connectivity index (χ1) is 15.9. The number of ketones is 1. The van der Waals surface area contributed by atoms with E-state index in [0.29, 0.717) is 32.6 Å². The molecule has 1 atom stereocenters. The van der Waals surface area contributed by atoms with Crippen LogP contribution >= 0.6 is 22.9 Å². The molecule has 5 rings (SSSR count). The number of nitriles is 1. The van der Waals surface area contributed by atoms with Gasteiger partial charge in [-0.2, -0.15) is 5.26 Å². The van der Waals surface area contributed by atoms with E-state index in [1.165, 1.54) is 22.3 Å². The monoisotopic (exact) mass is 475 g/mol. The van der Waals surface area contributed by atoms with E-state index in [1.54, 1.807) is 55.5 Å². The number of carbonyl (C=O) groups is 2. The van der Waals surface area contributed by atoms with Crippen LogP contribution in [0.2, 0.25) is 5.02 Å². The summed E-state index contributed by atoms with van der Waals surface area (Å²) in [6, 6.07) is 15.9. The van der Waals surface area contributed by atoms with Crippen LogP contribution in [0, 0.1) is 18.3 Å². The first-order valence-electron chi connectivity index (χ1n) is 9.81. The average Bonchev–Trinajstić information content (AvgIpc) is 3.49. The largest absolute Gasteiger partial charge is 0.503 e. The smallest absolute Gasteiger partial charge is 0.296 e. The molecule has 7 nitrogen and oxygen atoms in total. The number of aliphatic hydroxyl groups is 1. The third kappa shape index (κ3) is 3.48. The van der Waals surface area contributed by atoms with Crippen molar-refractivity contribution in [2.75, 3.05) is 4.90 Å². The molecule has 0 bridgehead atoms. The number of rotatable bonds is 4. The van der Waals surface area contributed by atoms with Gasteiger partial charge in [-0.25, -0.2) is 4.98 Å². The second-order valence-corrected chi connectivity index (χ2v) is 8.87. The molecule has 0 saturated heterocycles. The van der Waals surface area contributed by atoms with Crippen molar-refractivity contribution >= 4 is 50.0 Å². The van der Waals surface area contributed by atoms with Crippen molar-refractivity contribution in [2.24, 2.45) is 0 Å². The summed E-state index contributed by atoms with van der Waals surface area (Å²) in [4.78, 5) is 32.4. The van der Waals surface area contributed by atoms with Crippen molar-refractivity contribution in [1.29, 1.82) is 5.26 Å².